The number of halogens is 2. The highest BCUT2D eigenvalue weighted by Gasteiger charge is 2.11. The number of benzene rings is 1. The van der Waals surface area contributed by atoms with Gasteiger partial charge in [-0.05, 0) is 43.5 Å². The molecule has 3 nitrogen and oxygen atoms in total. The Kier molecular flexibility index (Phi) is 3.88. The van der Waals surface area contributed by atoms with Crippen LogP contribution < -0.4 is 5.11 Å². The molecule has 0 radical (unpaired) electrons. The van der Waals surface area contributed by atoms with Crippen molar-refractivity contribution in [2.75, 3.05) is 0 Å². The summed E-state index contributed by atoms with van der Waals surface area (Å²) in [5.74, 6) is -1.08. The van der Waals surface area contributed by atoms with E-state index in [1.54, 1.807) is 0 Å². The lowest BCUT2D eigenvalue weighted by Gasteiger charge is -2.11. The Balaban J connectivity index is 2.56. The van der Waals surface area contributed by atoms with Crippen molar-refractivity contribution in [2.45, 2.75) is 19.8 Å². The molecule has 0 atom stereocenters. The Labute approximate surface area is 118 Å². The van der Waals surface area contributed by atoms with E-state index >= 15 is 0 Å². The average molecular weight is 328 g/mol. The van der Waals surface area contributed by atoms with E-state index in [9.17, 15) is 9.90 Å². The molecule has 2 rings (SSSR count). The zero-order valence-electron chi connectivity index (χ0n) is 9.67. The summed E-state index contributed by atoms with van der Waals surface area (Å²) in [5.41, 5.74) is 2.33. The van der Waals surface area contributed by atoms with E-state index in [-0.39, 0.29) is 6.42 Å². The molecular weight excluding hydrogens is 318 g/mol. The van der Waals surface area contributed by atoms with Gasteiger partial charge in [-0.1, -0.05) is 27.5 Å². The molecule has 0 aliphatic rings. The van der Waals surface area contributed by atoms with Crippen LogP contribution in [0.1, 0.15) is 17.7 Å². The molecule has 0 saturated carbocycles. The highest BCUT2D eigenvalue weighted by atomic mass is 79.9. The molecule has 5 heteroatoms. The fraction of sp³-hybridized carbons (Fsp3) is 0.231. The molecule has 0 bridgehead atoms. The molecule has 1 heterocycles. The van der Waals surface area contributed by atoms with E-state index in [4.69, 9.17) is 11.6 Å². The van der Waals surface area contributed by atoms with Crippen molar-refractivity contribution in [3.05, 3.63) is 39.0 Å². The highest BCUT2D eigenvalue weighted by Crippen LogP contribution is 2.30. The molecule has 0 aliphatic carbocycles. The van der Waals surface area contributed by atoms with Crippen LogP contribution in [-0.2, 0) is 11.2 Å². The summed E-state index contributed by atoms with van der Waals surface area (Å²) >= 11 is 9.71. The van der Waals surface area contributed by atoms with Crippen molar-refractivity contribution in [1.29, 1.82) is 0 Å². The number of carbonyl (C=O) groups is 1. The molecular formula is C13H10BrClNO2-. The molecule has 94 valence electrons. The number of hydrogen-bond acceptors (Lipinski definition) is 3. The van der Waals surface area contributed by atoms with Crippen LogP contribution in [0, 0.1) is 6.92 Å². The van der Waals surface area contributed by atoms with Gasteiger partial charge < -0.3 is 9.90 Å². The lowest BCUT2D eigenvalue weighted by Crippen LogP contribution is -2.22. The fourth-order valence-corrected chi connectivity index (χ4v) is 2.61. The van der Waals surface area contributed by atoms with Gasteiger partial charge in [0.15, 0.2) is 0 Å². The minimum Gasteiger partial charge on any atom is -0.550 e. The third kappa shape index (κ3) is 2.65. The minimum atomic E-state index is -1.08. The number of pyridine rings is 1. The molecule has 0 fully saturated rings. The first kappa shape index (κ1) is 13.3. The van der Waals surface area contributed by atoms with Gasteiger partial charge in [-0.15, -0.1) is 0 Å². The van der Waals surface area contributed by atoms with Crippen LogP contribution in [0.25, 0.3) is 10.9 Å². The number of carboxylic acids is 1. The van der Waals surface area contributed by atoms with Gasteiger partial charge in [0.1, 0.15) is 0 Å². The molecule has 0 aliphatic heterocycles. The molecule has 0 saturated heterocycles. The van der Waals surface area contributed by atoms with Crippen LogP contribution >= 0.6 is 27.5 Å². The molecule has 0 N–H and O–H groups in total. The first-order valence-electron chi connectivity index (χ1n) is 5.43. The second kappa shape index (κ2) is 5.24. The fourth-order valence-electron chi connectivity index (χ4n) is 1.87. The Morgan fingerprint density at radius 3 is 2.89 bits per heavy atom. The van der Waals surface area contributed by atoms with E-state index in [1.165, 1.54) is 0 Å². The zero-order valence-corrected chi connectivity index (χ0v) is 12.0. The molecule has 0 unspecified atom stereocenters. The lowest BCUT2D eigenvalue weighted by atomic mass is 10.0. The van der Waals surface area contributed by atoms with Crippen LogP contribution in [0.2, 0.25) is 5.02 Å². The Morgan fingerprint density at radius 2 is 2.22 bits per heavy atom. The van der Waals surface area contributed by atoms with Crippen molar-refractivity contribution >= 4 is 44.4 Å². The first-order valence-corrected chi connectivity index (χ1v) is 6.60. The summed E-state index contributed by atoms with van der Waals surface area (Å²) in [7, 11) is 0. The number of rotatable bonds is 3. The highest BCUT2D eigenvalue weighted by molar-refractivity contribution is 9.10. The zero-order chi connectivity index (χ0) is 13.3. The summed E-state index contributed by atoms with van der Waals surface area (Å²) in [6, 6.07) is 5.65. The number of aliphatic carboxylic acids is 1. The monoisotopic (exact) mass is 326 g/mol. The maximum absolute atomic E-state index is 10.5. The normalized spacial score (nSPS) is 10.8. The molecule has 1 aromatic carbocycles. The summed E-state index contributed by atoms with van der Waals surface area (Å²) in [4.78, 5) is 15.0. The third-order valence-corrected chi connectivity index (χ3v) is 3.69. The van der Waals surface area contributed by atoms with E-state index in [0.717, 1.165) is 26.6 Å². The van der Waals surface area contributed by atoms with Gasteiger partial charge in [0, 0.05) is 21.5 Å². The first-order chi connectivity index (χ1) is 8.49. The number of aryl methyl sites for hydroxylation is 1. The summed E-state index contributed by atoms with van der Waals surface area (Å²) in [5, 5.41) is 11.9. The number of carbonyl (C=O) groups excluding carboxylic acids is 1. The SMILES string of the molecule is Cc1nc2ccc(Br)cc2c(Cl)c1CCC(=O)[O-]. The van der Waals surface area contributed by atoms with Gasteiger partial charge in [-0.3, -0.25) is 4.98 Å². The van der Waals surface area contributed by atoms with Crippen LogP contribution in [0.5, 0.6) is 0 Å². The minimum absolute atomic E-state index is 0.0538. The van der Waals surface area contributed by atoms with Gasteiger partial charge in [0.25, 0.3) is 0 Å². The maximum atomic E-state index is 10.5. The predicted octanol–water partition coefficient (Wildman–Crippen LogP) is 2.64. The lowest BCUT2D eigenvalue weighted by molar-refractivity contribution is -0.305. The number of nitrogens with zero attached hydrogens (tertiary/aromatic N) is 1. The smallest absolute Gasteiger partial charge is 0.0721 e. The van der Waals surface area contributed by atoms with Gasteiger partial charge in [0.05, 0.1) is 10.5 Å². The largest absolute Gasteiger partial charge is 0.550 e. The molecule has 0 spiro atoms. The van der Waals surface area contributed by atoms with Crippen molar-refractivity contribution < 1.29 is 9.90 Å². The van der Waals surface area contributed by atoms with Crippen LogP contribution in [0.3, 0.4) is 0 Å². The Morgan fingerprint density at radius 1 is 1.50 bits per heavy atom. The van der Waals surface area contributed by atoms with Crippen molar-refractivity contribution in [2.24, 2.45) is 0 Å². The number of aromatic nitrogens is 1. The average Bonchev–Trinajstić information content (AvgIpc) is 2.30. The summed E-state index contributed by atoms with van der Waals surface area (Å²) in [6.45, 7) is 1.83. The second-order valence-corrected chi connectivity index (χ2v) is 5.32. The van der Waals surface area contributed by atoms with Crippen molar-refractivity contribution in [3.63, 3.8) is 0 Å². The van der Waals surface area contributed by atoms with Gasteiger partial charge >= 0.3 is 0 Å². The van der Waals surface area contributed by atoms with E-state index in [1.807, 2.05) is 25.1 Å². The van der Waals surface area contributed by atoms with Crippen LogP contribution in [0.15, 0.2) is 22.7 Å². The molecule has 0 amide bonds. The number of carboxylic acid groups (broad SMARTS) is 1. The quantitative estimate of drug-likeness (QED) is 0.871. The van der Waals surface area contributed by atoms with Crippen molar-refractivity contribution in [1.82, 2.24) is 4.98 Å². The maximum Gasteiger partial charge on any atom is 0.0721 e. The number of fused-ring (bicyclic) bond motifs is 1. The Hall–Kier alpha value is -1.13. The van der Waals surface area contributed by atoms with Crippen LogP contribution in [0.4, 0.5) is 0 Å². The third-order valence-electron chi connectivity index (χ3n) is 2.76. The standard InChI is InChI=1S/C13H11BrClNO2/c1-7-9(3-5-12(17)18)13(15)10-6-8(14)2-4-11(10)16-7/h2,4,6H,3,5H2,1H3,(H,17,18)/p-1. The van der Waals surface area contributed by atoms with Gasteiger partial charge in [-0.25, -0.2) is 0 Å². The summed E-state index contributed by atoms with van der Waals surface area (Å²) < 4.78 is 0.911. The van der Waals surface area contributed by atoms with E-state index < -0.39 is 5.97 Å². The molecule has 1 aromatic heterocycles. The second-order valence-electron chi connectivity index (χ2n) is 4.02. The Bertz CT molecular complexity index is 628. The summed E-state index contributed by atoms with van der Waals surface area (Å²) in [6.07, 6.45) is 0.282. The van der Waals surface area contributed by atoms with E-state index in [2.05, 4.69) is 20.9 Å². The van der Waals surface area contributed by atoms with Crippen molar-refractivity contribution in [3.8, 4) is 0 Å². The number of hydrogen-bond donors (Lipinski definition) is 0. The molecule has 18 heavy (non-hydrogen) atoms. The van der Waals surface area contributed by atoms with E-state index in [0.29, 0.717) is 11.4 Å². The van der Waals surface area contributed by atoms with Crippen LogP contribution in [-0.4, -0.2) is 11.0 Å². The molecule has 2 aromatic rings. The van der Waals surface area contributed by atoms with Gasteiger partial charge in [0.2, 0.25) is 0 Å². The topological polar surface area (TPSA) is 53.0 Å². The van der Waals surface area contributed by atoms with Gasteiger partial charge in [-0.2, -0.15) is 0 Å². The predicted molar refractivity (Wildman–Crippen MR) is 72.5 cm³/mol.